The smallest absolute Gasteiger partial charge is 0.308 e. The monoisotopic (exact) mass is 681 g/mol. The third-order valence-corrected chi connectivity index (χ3v) is 10.5. The lowest BCUT2D eigenvalue weighted by molar-refractivity contribution is -0.328. The Labute approximate surface area is 286 Å². The van der Waals surface area contributed by atoms with Crippen LogP contribution in [0.4, 0.5) is 10.1 Å². The van der Waals surface area contributed by atoms with Gasteiger partial charge in [-0.25, -0.2) is 9.29 Å². The van der Waals surface area contributed by atoms with Gasteiger partial charge in [-0.2, -0.15) is 0 Å². The number of aromatic nitrogens is 1. The lowest BCUT2D eigenvalue weighted by Gasteiger charge is -2.45. The highest BCUT2D eigenvalue weighted by molar-refractivity contribution is 6.34. The highest BCUT2D eigenvalue weighted by atomic mass is 35.5. The van der Waals surface area contributed by atoms with Crippen LogP contribution in [0.15, 0.2) is 42.6 Å². The number of Topliss-reactive ketones (excluding diaryl/α,β-unsaturated/α-hetero) is 1. The molecule has 6 rings (SSSR count). The number of fused-ring (bicyclic) bond motifs is 1. The molecule has 3 aromatic rings. The van der Waals surface area contributed by atoms with Crippen molar-refractivity contribution in [1.29, 1.82) is 0 Å². The van der Waals surface area contributed by atoms with E-state index in [0.29, 0.717) is 44.3 Å². The first-order chi connectivity index (χ1) is 23.2. The number of anilines is 1. The van der Waals surface area contributed by atoms with Gasteiger partial charge in [-0.05, 0) is 75.1 Å². The molecular formula is C37H45ClFN3O6. The highest BCUT2D eigenvalue weighted by Crippen LogP contribution is 2.38. The van der Waals surface area contributed by atoms with Crippen LogP contribution in [-0.2, 0) is 37.3 Å². The number of hydrogen-bond donors (Lipinski definition) is 1. The normalized spacial score (nSPS) is 22.0. The van der Waals surface area contributed by atoms with E-state index in [1.807, 2.05) is 40.8 Å². The second kappa shape index (κ2) is 15.1. The van der Waals surface area contributed by atoms with Gasteiger partial charge in [0.1, 0.15) is 5.82 Å². The first-order valence-corrected chi connectivity index (χ1v) is 17.6. The topological polar surface area (TPSA) is 99.1 Å². The molecule has 1 N–H and O–H groups in total. The molecule has 0 bridgehead atoms. The van der Waals surface area contributed by atoms with E-state index in [0.717, 1.165) is 55.8 Å². The molecule has 258 valence electrons. The molecule has 1 amide bonds. The van der Waals surface area contributed by atoms with Gasteiger partial charge in [0.05, 0.1) is 41.5 Å². The van der Waals surface area contributed by atoms with Crippen LogP contribution < -0.4 is 5.32 Å². The molecule has 3 aliphatic rings. The van der Waals surface area contributed by atoms with Crippen molar-refractivity contribution in [2.45, 2.75) is 95.2 Å². The molecule has 1 saturated heterocycles. The standard InChI is InChI=1S/C37H45ClFN3O6/c1-41-23-29(28-12-6-7-13-33(28)41)35(44)40-32-22-31(39)25(20-30(32)38)21-34(43)37(42-18-8-9-19-42,47-26-10-4-3-5-11-26)48-27-16-14-24(15-17-27)36(45)46-2/h6-7,12-13,20,22-24,26-27H,3-5,8-11,14-19,21H2,1-2H3,(H,40,44). The Balaban J connectivity index is 1.25. The maximum atomic E-state index is 15.8. The number of carbonyl (C=O) groups is 3. The van der Waals surface area contributed by atoms with Crippen molar-refractivity contribution in [1.82, 2.24) is 9.47 Å². The molecule has 3 fully saturated rings. The second-order valence-corrected chi connectivity index (χ2v) is 13.8. The molecular weight excluding hydrogens is 637 g/mol. The van der Waals surface area contributed by atoms with E-state index in [-0.39, 0.29) is 52.6 Å². The number of ketones is 1. The van der Waals surface area contributed by atoms with Crippen LogP contribution in [0.5, 0.6) is 0 Å². The van der Waals surface area contributed by atoms with E-state index in [1.165, 1.54) is 19.2 Å². The number of nitrogens with zero attached hydrogens (tertiary/aromatic N) is 2. The summed E-state index contributed by atoms with van der Waals surface area (Å²) in [5, 5.41) is 3.64. The Kier molecular flexibility index (Phi) is 10.8. The molecule has 48 heavy (non-hydrogen) atoms. The van der Waals surface area contributed by atoms with Crippen molar-refractivity contribution in [2.75, 3.05) is 25.5 Å². The predicted molar refractivity (Wildman–Crippen MR) is 181 cm³/mol. The molecule has 2 heterocycles. The summed E-state index contributed by atoms with van der Waals surface area (Å²) in [6.07, 6.45) is 9.91. The SMILES string of the molecule is COC(=O)C1CCC(OC(OC2CCCCC2)(C(=O)Cc2cc(Cl)c(NC(=O)c3cn(C)c4ccccc34)cc2F)N2CCCC2)CC1. The van der Waals surface area contributed by atoms with Crippen molar-refractivity contribution in [3.8, 4) is 0 Å². The number of ether oxygens (including phenoxy) is 3. The Morgan fingerprint density at radius 2 is 1.60 bits per heavy atom. The molecule has 2 saturated carbocycles. The van der Waals surface area contributed by atoms with E-state index in [4.69, 9.17) is 25.8 Å². The summed E-state index contributed by atoms with van der Waals surface area (Å²) < 4.78 is 36.2. The van der Waals surface area contributed by atoms with Gasteiger partial charge in [-0.15, -0.1) is 0 Å². The number of hydrogen-bond acceptors (Lipinski definition) is 7. The molecule has 1 unspecified atom stereocenters. The second-order valence-electron chi connectivity index (χ2n) is 13.4. The number of nitrogens with one attached hydrogen (secondary N) is 1. The fourth-order valence-electron chi connectivity index (χ4n) is 7.53. The van der Waals surface area contributed by atoms with E-state index < -0.39 is 17.6 Å². The van der Waals surface area contributed by atoms with Crippen molar-refractivity contribution < 1.29 is 33.0 Å². The number of carbonyl (C=O) groups excluding carboxylic acids is 3. The fraction of sp³-hybridized carbons (Fsp3) is 0.541. The van der Waals surface area contributed by atoms with Crippen LogP contribution in [-0.4, -0.2) is 65.4 Å². The van der Waals surface area contributed by atoms with Crippen molar-refractivity contribution >= 4 is 45.9 Å². The van der Waals surface area contributed by atoms with E-state index in [9.17, 15) is 14.4 Å². The van der Waals surface area contributed by atoms with Crippen LogP contribution in [0, 0.1) is 11.7 Å². The lowest BCUT2D eigenvalue weighted by atomic mass is 9.87. The van der Waals surface area contributed by atoms with Gasteiger partial charge in [0, 0.05) is 43.7 Å². The number of methoxy groups -OCH3 is 1. The summed E-state index contributed by atoms with van der Waals surface area (Å²) in [6, 6.07) is 10.1. The van der Waals surface area contributed by atoms with Gasteiger partial charge >= 0.3 is 5.97 Å². The minimum atomic E-state index is -1.68. The average Bonchev–Trinajstić information content (AvgIpc) is 3.76. The van der Waals surface area contributed by atoms with E-state index in [2.05, 4.69) is 5.32 Å². The molecule has 0 radical (unpaired) electrons. The quantitative estimate of drug-likeness (QED) is 0.169. The van der Waals surface area contributed by atoms with Crippen LogP contribution in [0.3, 0.4) is 0 Å². The molecule has 9 nitrogen and oxygen atoms in total. The Hall–Kier alpha value is -3.31. The zero-order chi connectivity index (χ0) is 33.8. The molecule has 0 spiro atoms. The lowest BCUT2D eigenvalue weighted by Crippen LogP contribution is -2.61. The fourth-order valence-corrected chi connectivity index (χ4v) is 7.76. The molecule has 2 aromatic carbocycles. The van der Waals surface area contributed by atoms with Crippen LogP contribution in [0.1, 0.15) is 86.6 Å². The van der Waals surface area contributed by atoms with E-state index >= 15 is 4.39 Å². The number of esters is 1. The number of aryl methyl sites for hydroxylation is 1. The van der Waals surface area contributed by atoms with Crippen molar-refractivity contribution in [2.24, 2.45) is 13.0 Å². The maximum Gasteiger partial charge on any atom is 0.308 e. The third kappa shape index (κ3) is 7.32. The zero-order valence-corrected chi connectivity index (χ0v) is 28.5. The summed E-state index contributed by atoms with van der Waals surface area (Å²) in [5.41, 5.74) is 1.55. The Bertz CT molecular complexity index is 1640. The average molecular weight is 682 g/mol. The largest absolute Gasteiger partial charge is 0.469 e. The minimum Gasteiger partial charge on any atom is -0.469 e. The molecule has 11 heteroatoms. The van der Waals surface area contributed by atoms with Gasteiger partial charge < -0.3 is 24.1 Å². The van der Waals surface area contributed by atoms with Gasteiger partial charge in [0.25, 0.3) is 11.8 Å². The summed E-state index contributed by atoms with van der Waals surface area (Å²) in [6.45, 7) is 1.25. The van der Waals surface area contributed by atoms with Crippen LogP contribution >= 0.6 is 11.6 Å². The first kappa shape index (κ1) is 34.5. The number of rotatable bonds is 11. The summed E-state index contributed by atoms with van der Waals surface area (Å²) in [7, 11) is 3.26. The predicted octanol–water partition coefficient (Wildman–Crippen LogP) is 7.18. The zero-order valence-electron chi connectivity index (χ0n) is 27.8. The summed E-state index contributed by atoms with van der Waals surface area (Å²) in [4.78, 5) is 42.0. The Morgan fingerprint density at radius 1 is 0.938 bits per heavy atom. The van der Waals surface area contributed by atoms with Crippen molar-refractivity contribution in [3.05, 3.63) is 64.6 Å². The van der Waals surface area contributed by atoms with Gasteiger partial charge in [0.2, 0.25) is 5.78 Å². The highest BCUT2D eigenvalue weighted by Gasteiger charge is 2.51. The Morgan fingerprint density at radius 3 is 2.29 bits per heavy atom. The molecule has 2 aliphatic carbocycles. The molecule has 1 atom stereocenters. The maximum absolute atomic E-state index is 15.8. The number of benzene rings is 2. The number of para-hydroxylation sites is 1. The number of amides is 1. The van der Waals surface area contributed by atoms with Crippen LogP contribution in [0.2, 0.25) is 5.02 Å². The third-order valence-electron chi connectivity index (χ3n) is 10.2. The van der Waals surface area contributed by atoms with E-state index in [1.54, 1.807) is 6.20 Å². The molecule has 1 aliphatic heterocycles. The first-order valence-electron chi connectivity index (χ1n) is 17.2. The molecule has 1 aromatic heterocycles. The van der Waals surface area contributed by atoms with Crippen LogP contribution in [0.25, 0.3) is 10.9 Å². The van der Waals surface area contributed by atoms with Crippen molar-refractivity contribution in [3.63, 3.8) is 0 Å². The number of halogens is 2. The summed E-state index contributed by atoms with van der Waals surface area (Å²) >= 11 is 6.63. The van der Waals surface area contributed by atoms with Gasteiger partial charge in [-0.1, -0.05) is 49.1 Å². The van der Waals surface area contributed by atoms with Gasteiger partial charge in [0.15, 0.2) is 0 Å². The number of likely N-dealkylation sites (tertiary alicyclic amines) is 1. The van der Waals surface area contributed by atoms with Gasteiger partial charge in [-0.3, -0.25) is 14.4 Å². The minimum absolute atomic E-state index is 0.0991. The summed E-state index contributed by atoms with van der Waals surface area (Å²) in [5.74, 6) is -3.55.